The van der Waals surface area contributed by atoms with Crippen molar-refractivity contribution in [2.24, 2.45) is 0 Å². The first-order chi connectivity index (χ1) is 9.38. The highest BCUT2D eigenvalue weighted by molar-refractivity contribution is 5.69. The van der Waals surface area contributed by atoms with Gasteiger partial charge in [-0.15, -0.1) is 0 Å². The number of aliphatic hydroxyl groups excluding tert-OH is 1. The second-order valence-electron chi connectivity index (χ2n) is 6.08. The van der Waals surface area contributed by atoms with Gasteiger partial charge in [0.1, 0.15) is 11.6 Å². The predicted octanol–water partition coefficient (Wildman–Crippen LogP) is 2.51. The number of ether oxygens (including phenoxy) is 1. The van der Waals surface area contributed by atoms with Crippen molar-refractivity contribution in [1.29, 1.82) is 0 Å². The van der Waals surface area contributed by atoms with Crippen molar-refractivity contribution in [1.82, 2.24) is 9.88 Å². The van der Waals surface area contributed by atoms with Gasteiger partial charge in [0.25, 0.3) is 0 Å². The molecule has 1 aliphatic heterocycles. The van der Waals surface area contributed by atoms with Crippen molar-refractivity contribution in [3.05, 3.63) is 30.1 Å². The van der Waals surface area contributed by atoms with Crippen molar-refractivity contribution in [2.75, 3.05) is 6.54 Å². The Morgan fingerprint density at radius 2 is 2.20 bits per heavy atom. The Morgan fingerprint density at radius 1 is 1.45 bits per heavy atom. The number of hydrogen-bond donors (Lipinski definition) is 1. The molecule has 5 nitrogen and oxygen atoms in total. The van der Waals surface area contributed by atoms with Gasteiger partial charge in [-0.3, -0.25) is 9.88 Å². The van der Waals surface area contributed by atoms with E-state index < -0.39 is 23.8 Å². The predicted molar refractivity (Wildman–Crippen MR) is 75.2 cm³/mol. The fraction of sp³-hybridized carbons (Fsp3) is 0.600. The van der Waals surface area contributed by atoms with E-state index in [9.17, 15) is 9.90 Å². The molecule has 2 heterocycles. The molecule has 1 aromatic rings. The largest absolute Gasteiger partial charge is 0.444 e. The van der Waals surface area contributed by atoms with E-state index in [0.29, 0.717) is 18.7 Å². The van der Waals surface area contributed by atoms with Gasteiger partial charge < -0.3 is 9.84 Å². The van der Waals surface area contributed by atoms with Crippen LogP contribution in [0.5, 0.6) is 0 Å². The monoisotopic (exact) mass is 278 g/mol. The van der Waals surface area contributed by atoms with E-state index in [1.165, 1.54) is 0 Å². The third kappa shape index (κ3) is 3.48. The first-order valence-electron chi connectivity index (χ1n) is 6.97. The SMILES string of the molecule is CC(C)(C)OC(=O)N1CCC[C@@H](O)[C@H]1c1ccccn1. The van der Waals surface area contributed by atoms with E-state index in [4.69, 9.17) is 4.74 Å². The van der Waals surface area contributed by atoms with Crippen LogP contribution < -0.4 is 0 Å². The summed E-state index contributed by atoms with van der Waals surface area (Å²) in [7, 11) is 0. The summed E-state index contributed by atoms with van der Waals surface area (Å²) in [5.74, 6) is 0. The molecule has 1 fully saturated rings. The summed E-state index contributed by atoms with van der Waals surface area (Å²) in [6.07, 6.45) is 2.10. The zero-order valence-corrected chi connectivity index (χ0v) is 12.2. The number of nitrogens with zero attached hydrogens (tertiary/aromatic N) is 2. The van der Waals surface area contributed by atoms with Crippen molar-refractivity contribution in [3.63, 3.8) is 0 Å². The van der Waals surface area contributed by atoms with E-state index in [2.05, 4.69) is 4.98 Å². The van der Waals surface area contributed by atoms with E-state index in [-0.39, 0.29) is 0 Å². The minimum absolute atomic E-state index is 0.396. The maximum Gasteiger partial charge on any atom is 0.410 e. The van der Waals surface area contributed by atoms with Crippen LogP contribution in [0.25, 0.3) is 0 Å². The molecular formula is C15H22N2O3. The van der Waals surface area contributed by atoms with Gasteiger partial charge in [-0.05, 0) is 45.7 Å². The topological polar surface area (TPSA) is 62.7 Å². The fourth-order valence-electron chi connectivity index (χ4n) is 2.41. The summed E-state index contributed by atoms with van der Waals surface area (Å²) in [6, 6.07) is 5.07. The smallest absolute Gasteiger partial charge is 0.410 e. The third-order valence-corrected chi connectivity index (χ3v) is 3.22. The zero-order chi connectivity index (χ0) is 14.8. The second-order valence-corrected chi connectivity index (χ2v) is 6.08. The first kappa shape index (κ1) is 14.8. The second kappa shape index (κ2) is 5.79. The molecule has 2 atom stereocenters. The molecule has 0 aromatic carbocycles. The van der Waals surface area contributed by atoms with Crippen LogP contribution in [-0.4, -0.2) is 39.3 Å². The lowest BCUT2D eigenvalue weighted by Gasteiger charge is -2.39. The van der Waals surface area contributed by atoms with E-state index >= 15 is 0 Å². The molecular weight excluding hydrogens is 256 g/mol. The highest BCUT2D eigenvalue weighted by Crippen LogP contribution is 2.31. The molecule has 5 heteroatoms. The fourth-order valence-corrected chi connectivity index (χ4v) is 2.41. The summed E-state index contributed by atoms with van der Waals surface area (Å²) in [4.78, 5) is 18.2. The van der Waals surface area contributed by atoms with Gasteiger partial charge >= 0.3 is 6.09 Å². The Kier molecular flexibility index (Phi) is 4.28. The van der Waals surface area contributed by atoms with Gasteiger partial charge in [0.2, 0.25) is 0 Å². The standard InChI is InChI=1S/C15H22N2O3/c1-15(2,3)20-14(19)17-10-6-8-12(18)13(17)11-7-4-5-9-16-11/h4-5,7,9,12-13,18H,6,8,10H2,1-3H3/t12-,13-/m1/s1. The Labute approximate surface area is 119 Å². The van der Waals surface area contributed by atoms with Crippen LogP contribution in [0.4, 0.5) is 4.79 Å². The van der Waals surface area contributed by atoms with Gasteiger partial charge in [-0.25, -0.2) is 4.79 Å². The minimum Gasteiger partial charge on any atom is -0.444 e. The molecule has 0 unspecified atom stereocenters. The van der Waals surface area contributed by atoms with Crippen molar-refractivity contribution < 1.29 is 14.6 Å². The van der Waals surface area contributed by atoms with Gasteiger partial charge in [0, 0.05) is 12.7 Å². The Bertz CT molecular complexity index is 456. The molecule has 0 spiro atoms. The Hall–Kier alpha value is -1.62. The Morgan fingerprint density at radius 3 is 2.80 bits per heavy atom. The number of aliphatic hydroxyl groups is 1. The van der Waals surface area contributed by atoms with Crippen LogP contribution in [-0.2, 0) is 4.74 Å². The van der Waals surface area contributed by atoms with E-state index in [0.717, 1.165) is 6.42 Å². The number of amides is 1. The molecule has 1 aliphatic rings. The quantitative estimate of drug-likeness (QED) is 0.857. The number of carbonyl (C=O) groups excluding carboxylic acids is 1. The summed E-state index contributed by atoms with van der Waals surface area (Å²) < 4.78 is 5.43. The number of aromatic nitrogens is 1. The molecule has 110 valence electrons. The molecule has 0 radical (unpaired) electrons. The number of carbonyl (C=O) groups is 1. The summed E-state index contributed by atoms with van der Waals surface area (Å²) >= 11 is 0. The number of piperidine rings is 1. The molecule has 1 saturated heterocycles. The maximum absolute atomic E-state index is 12.3. The normalized spacial score (nSPS) is 23.5. The van der Waals surface area contributed by atoms with Gasteiger partial charge in [0.15, 0.2) is 0 Å². The summed E-state index contributed by atoms with van der Waals surface area (Å²) in [5, 5.41) is 10.3. The van der Waals surface area contributed by atoms with Crippen molar-refractivity contribution in [2.45, 2.75) is 51.4 Å². The summed E-state index contributed by atoms with van der Waals surface area (Å²) in [6.45, 7) is 6.08. The van der Waals surface area contributed by atoms with Crippen molar-refractivity contribution >= 4 is 6.09 Å². The molecule has 0 saturated carbocycles. The molecule has 1 amide bonds. The maximum atomic E-state index is 12.3. The van der Waals surface area contributed by atoms with E-state index in [1.807, 2.05) is 39.0 Å². The number of hydrogen-bond acceptors (Lipinski definition) is 4. The van der Waals surface area contributed by atoms with Crippen LogP contribution in [0.15, 0.2) is 24.4 Å². The molecule has 0 bridgehead atoms. The number of rotatable bonds is 1. The Balaban J connectivity index is 2.23. The lowest BCUT2D eigenvalue weighted by molar-refractivity contribution is -0.0249. The van der Waals surface area contributed by atoms with Gasteiger partial charge in [-0.1, -0.05) is 6.07 Å². The third-order valence-electron chi connectivity index (χ3n) is 3.22. The van der Waals surface area contributed by atoms with Gasteiger partial charge in [-0.2, -0.15) is 0 Å². The number of likely N-dealkylation sites (tertiary alicyclic amines) is 1. The van der Waals surface area contributed by atoms with Crippen LogP contribution in [0.2, 0.25) is 0 Å². The first-order valence-corrected chi connectivity index (χ1v) is 6.97. The lowest BCUT2D eigenvalue weighted by atomic mass is 9.96. The van der Waals surface area contributed by atoms with Crippen LogP contribution in [0, 0.1) is 0 Å². The van der Waals surface area contributed by atoms with Crippen molar-refractivity contribution in [3.8, 4) is 0 Å². The average molecular weight is 278 g/mol. The zero-order valence-electron chi connectivity index (χ0n) is 12.2. The average Bonchev–Trinajstić information content (AvgIpc) is 2.37. The molecule has 0 aliphatic carbocycles. The number of pyridine rings is 1. The molecule has 1 aromatic heterocycles. The lowest BCUT2D eigenvalue weighted by Crippen LogP contribution is -2.47. The highest BCUT2D eigenvalue weighted by Gasteiger charge is 2.37. The van der Waals surface area contributed by atoms with Gasteiger partial charge in [0.05, 0.1) is 11.8 Å². The van der Waals surface area contributed by atoms with Crippen LogP contribution in [0.3, 0.4) is 0 Å². The molecule has 2 rings (SSSR count). The van der Waals surface area contributed by atoms with Crippen LogP contribution >= 0.6 is 0 Å². The van der Waals surface area contributed by atoms with E-state index in [1.54, 1.807) is 11.1 Å². The molecule has 20 heavy (non-hydrogen) atoms. The molecule has 1 N–H and O–H groups in total. The summed E-state index contributed by atoms with van der Waals surface area (Å²) in [5.41, 5.74) is 0.152. The minimum atomic E-state index is -0.605. The highest BCUT2D eigenvalue weighted by atomic mass is 16.6. The van der Waals surface area contributed by atoms with Crippen LogP contribution in [0.1, 0.15) is 45.3 Å².